The highest BCUT2D eigenvalue weighted by molar-refractivity contribution is 7.09. The van der Waals surface area contributed by atoms with E-state index in [9.17, 15) is 9.59 Å². The molecule has 8 heteroatoms. The molecule has 2 rings (SSSR count). The zero-order valence-corrected chi connectivity index (χ0v) is 16.2. The molecule has 1 aromatic carbocycles. The van der Waals surface area contributed by atoms with Crippen molar-refractivity contribution in [2.24, 2.45) is 0 Å². The summed E-state index contributed by atoms with van der Waals surface area (Å²) < 4.78 is 9.75. The predicted molar refractivity (Wildman–Crippen MR) is 101 cm³/mol. The van der Waals surface area contributed by atoms with Gasteiger partial charge in [0.1, 0.15) is 5.01 Å². The third-order valence-electron chi connectivity index (χ3n) is 3.88. The van der Waals surface area contributed by atoms with E-state index in [1.54, 1.807) is 17.4 Å². The topological polar surface area (TPSA) is 80.8 Å². The van der Waals surface area contributed by atoms with Crippen molar-refractivity contribution >= 4 is 29.0 Å². The van der Waals surface area contributed by atoms with E-state index in [2.05, 4.69) is 15.0 Å². The van der Waals surface area contributed by atoms with Gasteiger partial charge in [-0.05, 0) is 37.1 Å². The van der Waals surface area contributed by atoms with E-state index in [0.29, 0.717) is 18.2 Å². The van der Waals surface area contributed by atoms with Crippen molar-refractivity contribution in [1.82, 2.24) is 9.88 Å². The Morgan fingerprint density at radius 1 is 1.23 bits per heavy atom. The summed E-state index contributed by atoms with van der Waals surface area (Å²) in [4.78, 5) is 30.0. The average molecular weight is 377 g/mol. The van der Waals surface area contributed by atoms with Crippen LogP contribution in [0.25, 0.3) is 0 Å². The second-order valence-corrected chi connectivity index (χ2v) is 6.70. The monoisotopic (exact) mass is 377 g/mol. The van der Waals surface area contributed by atoms with Crippen LogP contribution in [0.15, 0.2) is 23.6 Å². The summed E-state index contributed by atoms with van der Waals surface area (Å²) >= 11 is 1.31. The van der Waals surface area contributed by atoms with E-state index < -0.39 is 5.97 Å². The molecule has 0 saturated heterocycles. The van der Waals surface area contributed by atoms with Crippen LogP contribution in [-0.2, 0) is 16.0 Å². The average Bonchev–Trinajstić information content (AvgIpc) is 3.09. The lowest BCUT2D eigenvalue weighted by atomic mass is 10.1. The van der Waals surface area contributed by atoms with Crippen LogP contribution in [0.2, 0.25) is 0 Å². The van der Waals surface area contributed by atoms with Gasteiger partial charge in [-0.2, -0.15) is 0 Å². The van der Waals surface area contributed by atoms with Crippen LogP contribution in [0, 0.1) is 13.8 Å². The van der Waals surface area contributed by atoms with E-state index in [-0.39, 0.29) is 18.3 Å². The Balaban J connectivity index is 2.09. The normalized spacial score (nSPS) is 10.5. The maximum Gasteiger partial charge on any atom is 0.357 e. The highest BCUT2D eigenvalue weighted by atomic mass is 32.1. The fraction of sp³-hybridized carbons (Fsp3) is 0.389. The van der Waals surface area contributed by atoms with Gasteiger partial charge in [0.25, 0.3) is 0 Å². The molecule has 1 aromatic heterocycles. The van der Waals surface area contributed by atoms with Gasteiger partial charge >= 0.3 is 12.0 Å². The first-order chi connectivity index (χ1) is 12.4. The second kappa shape index (κ2) is 9.30. The number of rotatable bonds is 7. The molecule has 0 atom stereocenters. The number of aromatic nitrogens is 1. The molecule has 26 heavy (non-hydrogen) atoms. The van der Waals surface area contributed by atoms with Crippen LogP contribution < -0.4 is 5.32 Å². The Morgan fingerprint density at radius 3 is 2.65 bits per heavy atom. The molecule has 0 aliphatic heterocycles. The Kier molecular flexibility index (Phi) is 7.11. The third kappa shape index (κ3) is 5.27. The zero-order valence-electron chi connectivity index (χ0n) is 15.4. The molecule has 0 saturated carbocycles. The first kappa shape index (κ1) is 19.9. The number of esters is 1. The molecule has 140 valence electrons. The molecule has 1 heterocycles. The van der Waals surface area contributed by atoms with E-state index in [4.69, 9.17) is 4.74 Å². The van der Waals surface area contributed by atoms with Gasteiger partial charge in [0, 0.05) is 24.7 Å². The number of ether oxygens (including phenoxy) is 2. The molecule has 0 spiro atoms. The van der Waals surface area contributed by atoms with E-state index in [1.807, 2.05) is 32.0 Å². The number of hydrogen-bond donors (Lipinski definition) is 1. The highest BCUT2D eigenvalue weighted by Crippen LogP contribution is 2.17. The van der Waals surface area contributed by atoms with Gasteiger partial charge in [-0.3, -0.25) is 0 Å². The lowest BCUT2D eigenvalue weighted by molar-refractivity contribution is 0.0594. The fourth-order valence-electron chi connectivity index (χ4n) is 2.22. The lowest BCUT2D eigenvalue weighted by Crippen LogP contribution is -2.36. The summed E-state index contributed by atoms with van der Waals surface area (Å²) in [6.07, 6.45) is 0. The summed E-state index contributed by atoms with van der Waals surface area (Å²) in [6, 6.07) is 5.52. The van der Waals surface area contributed by atoms with Gasteiger partial charge in [-0.1, -0.05) is 6.07 Å². The van der Waals surface area contributed by atoms with Crippen LogP contribution in [0.1, 0.15) is 26.6 Å². The van der Waals surface area contributed by atoms with Gasteiger partial charge in [-0.15, -0.1) is 11.3 Å². The fourth-order valence-corrected chi connectivity index (χ4v) is 3.00. The Morgan fingerprint density at radius 2 is 2.00 bits per heavy atom. The molecular formula is C18H23N3O4S. The molecule has 2 amide bonds. The van der Waals surface area contributed by atoms with Crippen molar-refractivity contribution in [3.63, 3.8) is 0 Å². The number of amides is 2. The minimum Gasteiger partial charge on any atom is -0.464 e. The predicted octanol–water partition coefficient (Wildman–Crippen LogP) is 3.23. The van der Waals surface area contributed by atoms with Gasteiger partial charge in [0.05, 0.1) is 20.3 Å². The first-order valence-electron chi connectivity index (χ1n) is 8.09. The van der Waals surface area contributed by atoms with Crippen molar-refractivity contribution in [3.8, 4) is 0 Å². The van der Waals surface area contributed by atoms with Crippen molar-refractivity contribution in [2.75, 3.05) is 32.7 Å². The Labute approximate surface area is 156 Å². The molecule has 0 bridgehead atoms. The van der Waals surface area contributed by atoms with Crippen LogP contribution in [0.4, 0.5) is 10.5 Å². The quantitative estimate of drug-likeness (QED) is 0.749. The van der Waals surface area contributed by atoms with Crippen molar-refractivity contribution in [3.05, 3.63) is 45.4 Å². The molecule has 0 aliphatic rings. The number of carbonyl (C=O) groups excluding carboxylic acids is 2. The number of carbonyl (C=O) groups is 2. The van der Waals surface area contributed by atoms with Crippen LogP contribution in [0.5, 0.6) is 0 Å². The third-order valence-corrected chi connectivity index (χ3v) is 4.72. The number of aryl methyl sites for hydroxylation is 2. The molecule has 1 N–H and O–H groups in total. The van der Waals surface area contributed by atoms with Crippen molar-refractivity contribution in [2.45, 2.75) is 20.4 Å². The molecule has 0 radical (unpaired) electrons. The summed E-state index contributed by atoms with van der Waals surface area (Å²) in [5, 5.41) is 5.17. The summed E-state index contributed by atoms with van der Waals surface area (Å²) in [7, 11) is 2.89. The number of methoxy groups -OCH3 is 2. The van der Waals surface area contributed by atoms with Crippen molar-refractivity contribution < 1.29 is 19.1 Å². The van der Waals surface area contributed by atoms with E-state index in [0.717, 1.165) is 16.8 Å². The molecule has 0 aliphatic carbocycles. The van der Waals surface area contributed by atoms with Gasteiger partial charge in [0.15, 0.2) is 5.69 Å². The minimum atomic E-state index is -0.490. The van der Waals surface area contributed by atoms with Crippen molar-refractivity contribution in [1.29, 1.82) is 0 Å². The SMILES string of the molecule is COCCN(Cc1nc(C(=O)OC)cs1)C(=O)Nc1ccc(C)c(C)c1. The van der Waals surface area contributed by atoms with Gasteiger partial charge < -0.3 is 19.7 Å². The highest BCUT2D eigenvalue weighted by Gasteiger charge is 2.18. The number of urea groups is 1. The molecule has 7 nitrogen and oxygen atoms in total. The lowest BCUT2D eigenvalue weighted by Gasteiger charge is -2.22. The molecule has 0 unspecified atom stereocenters. The molecule has 2 aromatic rings. The van der Waals surface area contributed by atoms with Crippen LogP contribution in [-0.4, -0.2) is 49.3 Å². The van der Waals surface area contributed by atoms with Crippen LogP contribution >= 0.6 is 11.3 Å². The minimum absolute atomic E-state index is 0.244. The van der Waals surface area contributed by atoms with E-state index >= 15 is 0 Å². The zero-order chi connectivity index (χ0) is 19.1. The number of benzene rings is 1. The standard InChI is InChI=1S/C18H23N3O4S/c1-12-5-6-14(9-13(12)2)19-18(23)21(7-8-24-3)10-16-20-15(11-26-16)17(22)25-4/h5-6,9,11H,7-8,10H2,1-4H3,(H,19,23). The summed E-state index contributed by atoms with van der Waals surface area (Å²) in [5.74, 6) is -0.490. The van der Waals surface area contributed by atoms with Gasteiger partial charge in [-0.25, -0.2) is 14.6 Å². The largest absolute Gasteiger partial charge is 0.464 e. The number of nitrogens with one attached hydrogen (secondary N) is 1. The Bertz CT molecular complexity index is 776. The maximum absolute atomic E-state index is 12.7. The number of thiazole rings is 1. The molecular weight excluding hydrogens is 354 g/mol. The summed E-state index contributed by atoms with van der Waals surface area (Å²) in [5.41, 5.74) is 3.25. The smallest absolute Gasteiger partial charge is 0.357 e. The maximum atomic E-state index is 12.7. The second-order valence-electron chi connectivity index (χ2n) is 5.76. The number of hydrogen-bond acceptors (Lipinski definition) is 6. The Hall–Kier alpha value is -2.45. The first-order valence-corrected chi connectivity index (χ1v) is 8.97. The summed E-state index contributed by atoms with van der Waals surface area (Å²) in [6.45, 7) is 5.10. The van der Waals surface area contributed by atoms with Gasteiger partial charge in [0.2, 0.25) is 0 Å². The molecule has 0 fully saturated rings. The van der Waals surface area contributed by atoms with Crippen LogP contribution in [0.3, 0.4) is 0 Å². The van der Waals surface area contributed by atoms with E-state index in [1.165, 1.54) is 18.4 Å². The number of nitrogens with zero attached hydrogens (tertiary/aromatic N) is 2. The number of anilines is 1.